The Hall–Kier alpha value is -1.86. The van der Waals surface area contributed by atoms with Gasteiger partial charge in [0.15, 0.2) is 0 Å². The Morgan fingerprint density at radius 3 is 2.70 bits per heavy atom. The van der Waals surface area contributed by atoms with Gasteiger partial charge in [0.25, 0.3) is 0 Å². The molecule has 3 N–H and O–H groups in total. The van der Waals surface area contributed by atoms with E-state index in [0.717, 1.165) is 11.1 Å². The van der Waals surface area contributed by atoms with E-state index in [1.54, 1.807) is 23.0 Å². The SMILES string of the molecule is Cc1cnn(CCNS(=O)(=O)c2ccc(C)c(N)c2)c1. The van der Waals surface area contributed by atoms with Crippen LogP contribution in [0.4, 0.5) is 5.69 Å². The number of hydrogen-bond acceptors (Lipinski definition) is 4. The quantitative estimate of drug-likeness (QED) is 0.807. The van der Waals surface area contributed by atoms with Gasteiger partial charge >= 0.3 is 0 Å². The van der Waals surface area contributed by atoms with Gasteiger partial charge in [0.1, 0.15) is 0 Å². The second-order valence-corrected chi connectivity index (χ2v) is 6.46. The summed E-state index contributed by atoms with van der Waals surface area (Å²) in [4.78, 5) is 0.178. The van der Waals surface area contributed by atoms with Gasteiger partial charge in [-0.3, -0.25) is 4.68 Å². The Morgan fingerprint density at radius 2 is 2.10 bits per heavy atom. The van der Waals surface area contributed by atoms with Crippen molar-refractivity contribution < 1.29 is 8.42 Å². The van der Waals surface area contributed by atoms with Crippen molar-refractivity contribution in [3.05, 3.63) is 41.7 Å². The summed E-state index contributed by atoms with van der Waals surface area (Å²) < 4.78 is 28.4. The van der Waals surface area contributed by atoms with Gasteiger partial charge in [-0.25, -0.2) is 13.1 Å². The highest BCUT2D eigenvalue weighted by atomic mass is 32.2. The van der Waals surface area contributed by atoms with Crippen LogP contribution in [0.2, 0.25) is 0 Å². The Labute approximate surface area is 118 Å². The molecule has 7 heteroatoms. The van der Waals surface area contributed by atoms with E-state index in [2.05, 4.69) is 9.82 Å². The first-order chi connectivity index (χ1) is 9.38. The summed E-state index contributed by atoms with van der Waals surface area (Å²) in [6.07, 6.45) is 3.59. The molecule has 0 aliphatic rings. The highest BCUT2D eigenvalue weighted by Gasteiger charge is 2.14. The molecule has 0 saturated carbocycles. The van der Waals surface area contributed by atoms with Crippen molar-refractivity contribution in [1.82, 2.24) is 14.5 Å². The summed E-state index contributed by atoms with van der Waals surface area (Å²) in [6.45, 7) is 4.52. The summed E-state index contributed by atoms with van der Waals surface area (Å²) >= 11 is 0. The van der Waals surface area contributed by atoms with Crippen LogP contribution >= 0.6 is 0 Å². The number of nitrogens with two attached hydrogens (primary N) is 1. The Morgan fingerprint density at radius 1 is 1.35 bits per heavy atom. The maximum Gasteiger partial charge on any atom is 0.240 e. The van der Waals surface area contributed by atoms with Gasteiger partial charge in [0.2, 0.25) is 10.0 Å². The van der Waals surface area contributed by atoms with Crippen LogP contribution in [-0.4, -0.2) is 24.7 Å². The minimum Gasteiger partial charge on any atom is -0.398 e. The van der Waals surface area contributed by atoms with Crippen molar-refractivity contribution in [3.63, 3.8) is 0 Å². The molecule has 0 saturated heterocycles. The fraction of sp³-hybridized carbons (Fsp3) is 0.308. The predicted octanol–water partition coefficient (Wildman–Crippen LogP) is 1.06. The lowest BCUT2D eigenvalue weighted by atomic mass is 10.2. The Bertz CT molecular complexity index is 707. The van der Waals surface area contributed by atoms with E-state index >= 15 is 0 Å². The molecule has 0 atom stereocenters. The fourth-order valence-electron chi connectivity index (χ4n) is 1.75. The monoisotopic (exact) mass is 294 g/mol. The number of nitrogen functional groups attached to an aromatic ring is 1. The van der Waals surface area contributed by atoms with Gasteiger partial charge in [-0.15, -0.1) is 0 Å². The average molecular weight is 294 g/mol. The third-order valence-electron chi connectivity index (χ3n) is 2.96. The lowest BCUT2D eigenvalue weighted by Crippen LogP contribution is -2.27. The average Bonchev–Trinajstić information content (AvgIpc) is 2.78. The molecule has 6 nitrogen and oxygen atoms in total. The van der Waals surface area contributed by atoms with Crippen LogP contribution in [0.5, 0.6) is 0 Å². The summed E-state index contributed by atoms with van der Waals surface area (Å²) in [6, 6.07) is 4.71. The molecule has 0 aliphatic heterocycles. The van der Waals surface area contributed by atoms with E-state index in [1.165, 1.54) is 6.07 Å². The van der Waals surface area contributed by atoms with Crippen LogP contribution in [-0.2, 0) is 16.6 Å². The summed E-state index contributed by atoms with van der Waals surface area (Å²) in [5, 5.41) is 4.10. The van der Waals surface area contributed by atoms with Gasteiger partial charge in [0, 0.05) is 18.4 Å². The molecule has 0 fully saturated rings. The number of anilines is 1. The number of aromatic nitrogens is 2. The number of rotatable bonds is 5. The smallest absolute Gasteiger partial charge is 0.240 e. The first kappa shape index (κ1) is 14.5. The summed E-state index contributed by atoms with van der Waals surface area (Å²) in [5.41, 5.74) is 8.10. The fourth-order valence-corrected chi connectivity index (χ4v) is 2.81. The van der Waals surface area contributed by atoms with Crippen molar-refractivity contribution in [1.29, 1.82) is 0 Å². The molecular weight excluding hydrogens is 276 g/mol. The van der Waals surface area contributed by atoms with Crippen molar-refractivity contribution in [2.24, 2.45) is 0 Å². The lowest BCUT2D eigenvalue weighted by molar-refractivity contribution is 0.561. The van der Waals surface area contributed by atoms with E-state index < -0.39 is 10.0 Å². The number of benzene rings is 1. The lowest BCUT2D eigenvalue weighted by Gasteiger charge is -2.08. The number of nitrogens with one attached hydrogen (secondary N) is 1. The highest BCUT2D eigenvalue weighted by Crippen LogP contribution is 2.16. The molecule has 1 heterocycles. The van der Waals surface area contributed by atoms with Crippen LogP contribution in [0, 0.1) is 13.8 Å². The molecule has 0 spiro atoms. The van der Waals surface area contributed by atoms with Crippen LogP contribution in [0.25, 0.3) is 0 Å². The van der Waals surface area contributed by atoms with Gasteiger partial charge in [0.05, 0.1) is 17.6 Å². The van der Waals surface area contributed by atoms with Gasteiger partial charge < -0.3 is 5.73 Å². The second-order valence-electron chi connectivity index (χ2n) is 4.70. The topological polar surface area (TPSA) is 90.0 Å². The van der Waals surface area contributed by atoms with Crippen molar-refractivity contribution in [2.75, 3.05) is 12.3 Å². The van der Waals surface area contributed by atoms with Crippen LogP contribution < -0.4 is 10.5 Å². The maximum atomic E-state index is 12.1. The Kier molecular flexibility index (Phi) is 4.10. The molecule has 2 aromatic rings. The minimum atomic E-state index is -3.53. The largest absolute Gasteiger partial charge is 0.398 e. The summed E-state index contributed by atoms with van der Waals surface area (Å²) in [5.74, 6) is 0. The van der Waals surface area contributed by atoms with Crippen molar-refractivity contribution in [2.45, 2.75) is 25.3 Å². The number of hydrogen-bond donors (Lipinski definition) is 2. The highest BCUT2D eigenvalue weighted by molar-refractivity contribution is 7.89. The second kappa shape index (κ2) is 5.64. The van der Waals surface area contributed by atoms with E-state index in [1.807, 2.05) is 20.0 Å². The molecule has 108 valence electrons. The third-order valence-corrected chi connectivity index (χ3v) is 4.42. The number of nitrogens with zero attached hydrogens (tertiary/aromatic N) is 2. The predicted molar refractivity (Wildman–Crippen MR) is 77.7 cm³/mol. The first-order valence-electron chi connectivity index (χ1n) is 6.23. The zero-order valence-electron chi connectivity index (χ0n) is 11.5. The van der Waals surface area contributed by atoms with Gasteiger partial charge in [-0.2, -0.15) is 5.10 Å². The molecule has 0 radical (unpaired) electrons. The molecule has 2 rings (SSSR count). The minimum absolute atomic E-state index is 0.178. The Balaban J connectivity index is 2.02. The third kappa shape index (κ3) is 3.37. The van der Waals surface area contributed by atoms with Crippen LogP contribution in [0.3, 0.4) is 0 Å². The summed E-state index contributed by atoms with van der Waals surface area (Å²) in [7, 11) is -3.53. The van der Waals surface area contributed by atoms with Crippen molar-refractivity contribution >= 4 is 15.7 Å². The normalized spacial score (nSPS) is 11.7. The van der Waals surface area contributed by atoms with E-state index in [0.29, 0.717) is 12.2 Å². The molecular formula is C13H18N4O2S. The van der Waals surface area contributed by atoms with Crippen LogP contribution in [0.1, 0.15) is 11.1 Å². The molecule has 1 aromatic heterocycles. The van der Waals surface area contributed by atoms with Gasteiger partial charge in [-0.05, 0) is 37.1 Å². The standard InChI is InChI=1S/C13H18N4O2S/c1-10-8-15-17(9-10)6-5-16-20(18,19)12-4-3-11(2)13(14)7-12/h3-4,7-9,16H,5-6,14H2,1-2H3. The molecule has 0 amide bonds. The molecule has 0 unspecified atom stereocenters. The molecule has 20 heavy (non-hydrogen) atoms. The van der Waals surface area contributed by atoms with Gasteiger partial charge in [-0.1, -0.05) is 6.07 Å². The number of aryl methyl sites for hydroxylation is 2. The maximum absolute atomic E-state index is 12.1. The zero-order valence-corrected chi connectivity index (χ0v) is 12.3. The molecule has 0 bridgehead atoms. The number of sulfonamides is 1. The first-order valence-corrected chi connectivity index (χ1v) is 7.71. The van der Waals surface area contributed by atoms with Crippen molar-refractivity contribution in [3.8, 4) is 0 Å². The zero-order chi connectivity index (χ0) is 14.8. The van der Waals surface area contributed by atoms with E-state index in [-0.39, 0.29) is 11.4 Å². The van der Waals surface area contributed by atoms with E-state index in [9.17, 15) is 8.42 Å². The van der Waals surface area contributed by atoms with E-state index in [4.69, 9.17) is 5.73 Å². The molecule has 0 aliphatic carbocycles. The van der Waals surface area contributed by atoms with Crippen LogP contribution in [0.15, 0.2) is 35.5 Å². The molecule has 1 aromatic carbocycles.